The largest absolute Gasteiger partial charge is 0.338 e. The van der Waals surface area contributed by atoms with Crippen LogP contribution in [0.15, 0.2) is 41.8 Å². The lowest BCUT2D eigenvalue weighted by molar-refractivity contribution is -0.117. The molecule has 116 valence electrons. The van der Waals surface area contributed by atoms with E-state index in [1.165, 1.54) is 17.3 Å². The third kappa shape index (κ3) is 4.36. The molecule has 2 N–H and O–H groups in total. The minimum absolute atomic E-state index is 0.125. The number of carbonyl (C=O) groups excluding carboxylic acids is 2. The first-order valence-corrected chi connectivity index (χ1v) is 7.89. The van der Waals surface area contributed by atoms with Gasteiger partial charge in [-0.1, -0.05) is 29.5 Å². The molecule has 0 radical (unpaired) electrons. The summed E-state index contributed by atoms with van der Waals surface area (Å²) in [7, 11) is 0. The molecule has 1 aromatic heterocycles. The number of carbonyl (C=O) groups is 2. The Balaban J connectivity index is 1.97. The van der Waals surface area contributed by atoms with Crippen LogP contribution in [0.3, 0.4) is 0 Å². The van der Waals surface area contributed by atoms with E-state index < -0.39 is 6.03 Å². The second-order valence-corrected chi connectivity index (χ2v) is 5.55. The van der Waals surface area contributed by atoms with Crippen LogP contribution in [0.2, 0.25) is 0 Å². The number of hydrogen-bond acceptors (Lipinski definition) is 4. The average molecular weight is 318 g/mol. The van der Waals surface area contributed by atoms with Crippen LogP contribution in [0.1, 0.15) is 12.5 Å². The molecule has 0 aliphatic rings. The molecule has 3 amide bonds. The lowest BCUT2D eigenvalue weighted by Gasteiger charge is -2.08. The summed E-state index contributed by atoms with van der Waals surface area (Å²) in [6, 6.07) is 7.55. The Morgan fingerprint density at radius 3 is 2.68 bits per heavy atom. The second kappa shape index (κ2) is 7.65. The van der Waals surface area contributed by atoms with Crippen LogP contribution in [-0.2, 0) is 4.79 Å². The maximum absolute atomic E-state index is 11.7. The number of rotatable bonds is 5. The van der Waals surface area contributed by atoms with Gasteiger partial charge in [0.15, 0.2) is 5.16 Å². The molecule has 0 saturated carbocycles. The number of imide groups is 1. The summed E-state index contributed by atoms with van der Waals surface area (Å²) in [5, 5.41) is 5.48. The third-order valence-electron chi connectivity index (χ3n) is 2.84. The van der Waals surface area contributed by atoms with Crippen LogP contribution in [-0.4, -0.2) is 33.8 Å². The molecule has 0 bridgehead atoms. The fraction of sp³-hybridized carbons (Fsp3) is 0.267. The van der Waals surface area contributed by atoms with Crippen LogP contribution in [0, 0.1) is 6.92 Å². The molecule has 22 heavy (non-hydrogen) atoms. The summed E-state index contributed by atoms with van der Waals surface area (Å²) < 4.78 is 1.91. The predicted molar refractivity (Wildman–Crippen MR) is 86.2 cm³/mol. The smallest absolute Gasteiger partial charge is 0.321 e. The van der Waals surface area contributed by atoms with E-state index in [0.29, 0.717) is 11.7 Å². The Morgan fingerprint density at radius 2 is 2.00 bits per heavy atom. The van der Waals surface area contributed by atoms with E-state index in [0.717, 1.165) is 5.69 Å². The summed E-state index contributed by atoms with van der Waals surface area (Å²) in [6.07, 6.45) is 3.53. The molecular weight excluding hydrogens is 300 g/mol. The number of thioether (sulfide) groups is 1. The Labute approximate surface area is 133 Å². The van der Waals surface area contributed by atoms with E-state index in [1.54, 1.807) is 13.1 Å². The van der Waals surface area contributed by atoms with Crippen LogP contribution >= 0.6 is 11.8 Å². The van der Waals surface area contributed by atoms with Gasteiger partial charge in [-0.05, 0) is 26.0 Å². The molecule has 0 aliphatic carbocycles. The lowest BCUT2D eigenvalue weighted by atomic mass is 10.2. The van der Waals surface area contributed by atoms with Gasteiger partial charge in [-0.3, -0.25) is 14.7 Å². The standard InChI is InChI=1S/C15H18N4O2S/c1-3-16-14(21)18-13(20)10-22-15-17-8-9-19(15)12-6-4-11(2)5-7-12/h4-9H,3,10H2,1-2H3,(H2,16,18,20,21). The molecule has 0 unspecified atom stereocenters. The summed E-state index contributed by atoms with van der Waals surface area (Å²) in [5.74, 6) is -0.227. The molecule has 6 nitrogen and oxygen atoms in total. The van der Waals surface area contributed by atoms with Gasteiger partial charge in [0.25, 0.3) is 0 Å². The van der Waals surface area contributed by atoms with E-state index >= 15 is 0 Å². The number of nitrogens with zero attached hydrogens (tertiary/aromatic N) is 2. The summed E-state index contributed by atoms with van der Waals surface area (Å²) >= 11 is 1.28. The van der Waals surface area contributed by atoms with Crippen LogP contribution in [0.5, 0.6) is 0 Å². The van der Waals surface area contributed by atoms with E-state index in [-0.39, 0.29) is 11.7 Å². The third-order valence-corrected chi connectivity index (χ3v) is 3.81. The van der Waals surface area contributed by atoms with E-state index in [9.17, 15) is 9.59 Å². The number of amides is 3. The SMILES string of the molecule is CCNC(=O)NC(=O)CSc1nccn1-c1ccc(C)cc1. The van der Waals surface area contributed by atoms with E-state index in [1.807, 2.05) is 42.0 Å². The highest BCUT2D eigenvalue weighted by atomic mass is 32.2. The van der Waals surface area contributed by atoms with Crippen molar-refractivity contribution in [1.29, 1.82) is 0 Å². The first-order valence-electron chi connectivity index (χ1n) is 6.91. The van der Waals surface area contributed by atoms with Crippen molar-refractivity contribution in [2.75, 3.05) is 12.3 Å². The van der Waals surface area contributed by atoms with Crippen molar-refractivity contribution in [1.82, 2.24) is 20.2 Å². The van der Waals surface area contributed by atoms with E-state index in [2.05, 4.69) is 15.6 Å². The second-order valence-electron chi connectivity index (χ2n) is 4.61. The van der Waals surface area contributed by atoms with Crippen molar-refractivity contribution in [3.8, 4) is 5.69 Å². The van der Waals surface area contributed by atoms with Gasteiger partial charge in [0.1, 0.15) is 0 Å². The topological polar surface area (TPSA) is 76.0 Å². The van der Waals surface area contributed by atoms with Crippen LogP contribution in [0.4, 0.5) is 4.79 Å². The maximum Gasteiger partial charge on any atom is 0.321 e. The maximum atomic E-state index is 11.7. The number of imidazole rings is 1. The lowest BCUT2D eigenvalue weighted by Crippen LogP contribution is -2.40. The van der Waals surface area contributed by atoms with E-state index in [4.69, 9.17) is 0 Å². The van der Waals surface area contributed by atoms with Crippen LogP contribution < -0.4 is 10.6 Å². The number of nitrogens with one attached hydrogen (secondary N) is 2. The molecule has 1 heterocycles. The molecule has 0 aliphatic heterocycles. The van der Waals surface area contributed by atoms with Gasteiger partial charge in [-0.15, -0.1) is 0 Å². The average Bonchev–Trinajstić information content (AvgIpc) is 2.94. The van der Waals surface area contributed by atoms with Crippen molar-refractivity contribution < 1.29 is 9.59 Å². The van der Waals surface area contributed by atoms with Gasteiger partial charge in [0, 0.05) is 24.6 Å². The highest BCUT2D eigenvalue weighted by Crippen LogP contribution is 2.20. The van der Waals surface area contributed by atoms with Gasteiger partial charge >= 0.3 is 6.03 Å². The van der Waals surface area contributed by atoms with Crippen molar-refractivity contribution in [3.05, 3.63) is 42.2 Å². The Kier molecular flexibility index (Phi) is 5.60. The quantitative estimate of drug-likeness (QED) is 0.828. The zero-order valence-corrected chi connectivity index (χ0v) is 13.3. The van der Waals surface area contributed by atoms with Gasteiger partial charge in [0.2, 0.25) is 5.91 Å². The minimum Gasteiger partial charge on any atom is -0.338 e. The number of aromatic nitrogens is 2. The highest BCUT2D eigenvalue weighted by Gasteiger charge is 2.11. The van der Waals surface area contributed by atoms with Gasteiger partial charge in [0.05, 0.1) is 5.75 Å². The number of aryl methyl sites for hydroxylation is 1. The summed E-state index contributed by atoms with van der Waals surface area (Å²) in [5.41, 5.74) is 2.16. The molecule has 2 rings (SSSR count). The van der Waals surface area contributed by atoms with Gasteiger partial charge in [-0.25, -0.2) is 9.78 Å². The van der Waals surface area contributed by atoms with Crippen LogP contribution in [0.25, 0.3) is 5.69 Å². The molecule has 0 atom stereocenters. The number of urea groups is 1. The fourth-order valence-electron chi connectivity index (χ4n) is 1.80. The summed E-state index contributed by atoms with van der Waals surface area (Å²) in [4.78, 5) is 27.2. The molecular formula is C15H18N4O2S. The van der Waals surface area contributed by atoms with Gasteiger partial charge < -0.3 is 5.32 Å². The van der Waals surface area contributed by atoms with Crippen molar-refractivity contribution in [3.63, 3.8) is 0 Å². The first kappa shape index (κ1) is 16.1. The van der Waals surface area contributed by atoms with Crippen molar-refractivity contribution >= 4 is 23.7 Å². The first-order chi connectivity index (χ1) is 10.6. The molecule has 2 aromatic rings. The monoisotopic (exact) mass is 318 g/mol. The Morgan fingerprint density at radius 1 is 1.27 bits per heavy atom. The van der Waals surface area contributed by atoms with Gasteiger partial charge in [-0.2, -0.15) is 0 Å². The molecule has 0 saturated heterocycles. The highest BCUT2D eigenvalue weighted by molar-refractivity contribution is 7.99. The molecule has 7 heteroatoms. The number of benzene rings is 1. The summed E-state index contributed by atoms with van der Waals surface area (Å²) in [6.45, 7) is 4.29. The Hall–Kier alpha value is -2.28. The Bertz CT molecular complexity index is 652. The molecule has 1 aromatic carbocycles. The van der Waals surface area contributed by atoms with Crippen molar-refractivity contribution in [2.45, 2.75) is 19.0 Å². The fourth-order valence-corrected chi connectivity index (χ4v) is 2.57. The zero-order valence-electron chi connectivity index (χ0n) is 12.5. The number of hydrogen-bond donors (Lipinski definition) is 2. The molecule has 0 spiro atoms. The normalized spacial score (nSPS) is 10.3. The minimum atomic E-state index is -0.477. The van der Waals surface area contributed by atoms with Crippen molar-refractivity contribution in [2.24, 2.45) is 0 Å². The predicted octanol–water partition coefficient (Wildman–Crippen LogP) is 2.12. The molecule has 0 fully saturated rings. The zero-order chi connectivity index (χ0) is 15.9.